The molecule has 1 nitrogen and oxygen atoms in total. The molecule has 0 aliphatic heterocycles. The van der Waals surface area contributed by atoms with Crippen LogP contribution in [0.5, 0.6) is 0 Å². The molecular weight excluding hydrogens is 400 g/mol. The van der Waals surface area contributed by atoms with E-state index in [9.17, 15) is 5.11 Å². The third-order valence-corrected chi connectivity index (χ3v) is 11.0. The van der Waals surface area contributed by atoms with Crippen LogP contribution in [0, 0.1) is 52.3 Å². The molecular formula is C32H62O. The average Bonchev–Trinajstić information content (AvgIpc) is 3.06. The van der Waals surface area contributed by atoms with Gasteiger partial charge in [-0.2, -0.15) is 0 Å². The van der Waals surface area contributed by atoms with Gasteiger partial charge in [-0.05, 0) is 123 Å². The van der Waals surface area contributed by atoms with Gasteiger partial charge in [-0.25, -0.2) is 0 Å². The van der Waals surface area contributed by atoms with Gasteiger partial charge in [-0.3, -0.25) is 0 Å². The topological polar surface area (TPSA) is 20.2 Å². The van der Waals surface area contributed by atoms with Gasteiger partial charge < -0.3 is 5.11 Å². The lowest BCUT2D eigenvalue weighted by atomic mass is 9.48. The number of hydrogen-bond acceptors (Lipinski definition) is 1. The van der Waals surface area contributed by atoms with Crippen LogP contribution in [-0.2, 0) is 0 Å². The monoisotopic (exact) mass is 462 g/mol. The highest BCUT2D eigenvalue weighted by molar-refractivity contribution is 5.08. The maximum Gasteiger partial charge on any atom is 0.0512 e. The van der Waals surface area contributed by atoms with Crippen LogP contribution in [0.1, 0.15) is 146 Å². The molecule has 4 aliphatic rings. The summed E-state index contributed by atoms with van der Waals surface area (Å²) < 4.78 is 0. The third kappa shape index (κ3) is 6.21. The van der Waals surface area contributed by atoms with Crippen LogP contribution < -0.4 is 0 Å². The van der Waals surface area contributed by atoms with Crippen LogP contribution in [0.4, 0.5) is 0 Å². The fraction of sp³-hybridized carbons (Fsp3) is 1.00. The average molecular weight is 463 g/mol. The van der Waals surface area contributed by atoms with Gasteiger partial charge >= 0.3 is 0 Å². The van der Waals surface area contributed by atoms with E-state index in [1.807, 2.05) is 20.8 Å². The fourth-order valence-corrected chi connectivity index (χ4v) is 9.36. The Labute approximate surface area is 209 Å². The van der Waals surface area contributed by atoms with Gasteiger partial charge in [0.1, 0.15) is 0 Å². The van der Waals surface area contributed by atoms with Crippen molar-refractivity contribution in [3.8, 4) is 0 Å². The van der Waals surface area contributed by atoms with Crippen LogP contribution in [0.15, 0.2) is 0 Å². The molecule has 0 radical (unpaired) electrons. The van der Waals surface area contributed by atoms with E-state index in [0.29, 0.717) is 10.8 Å². The van der Waals surface area contributed by atoms with Crippen LogP contribution in [0.2, 0.25) is 0 Å². The second-order valence-corrected chi connectivity index (χ2v) is 13.2. The molecule has 0 aromatic heterocycles. The molecule has 4 saturated carbocycles. The first kappa shape index (κ1) is 29.2. The van der Waals surface area contributed by atoms with Crippen molar-refractivity contribution in [2.24, 2.45) is 52.3 Å². The normalized spacial score (nSPS) is 43.8. The van der Waals surface area contributed by atoms with E-state index < -0.39 is 0 Å². The minimum absolute atomic E-state index is 0.129. The molecule has 0 saturated heterocycles. The molecule has 0 amide bonds. The summed E-state index contributed by atoms with van der Waals surface area (Å²) in [5.74, 6) is 6.67. The van der Waals surface area contributed by atoms with Gasteiger partial charge in [-0.15, -0.1) is 0 Å². The molecule has 1 N–H and O–H groups in total. The van der Waals surface area contributed by atoms with Gasteiger partial charge in [-0.1, -0.05) is 74.7 Å². The Kier molecular flexibility index (Phi) is 11.3. The summed E-state index contributed by atoms with van der Waals surface area (Å²) in [6, 6.07) is 0. The largest absolute Gasteiger partial charge is 0.393 e. The van der Waals surface area contributed by atoms with Crippen molar-refractivity contribution in [3.05, 3.63) is 0 Å². The Morgan fingerprint density at radius 3 is 2.06 bits per heavy atom. The lowest BCUT2D eigenvalue weighted by Gasteiger charge is -2.57. The van der Waals surface area contributed by atoms with E-state index in [1.165, 1.54) is 77.0 Å². The molecule has 0 spiro atoms. The predicted molar refractivity (Wildman–Crippen MR) is 146 cm³/mol. The summed E-state index contributed by atoms with van der Waals surface area (Å²) in [5, 5.41) is 9.78. The Morgan fingerprint density at radius 1 is 0.818 bits per heavy atom. The fourth-order valence-electron chi connectivity index (χ4n) is 9.36. The molecule has 4 aliphatic carbocycles. The molecule has 196 valence electrons. The number of rotatable bonds is 4. The number of aliphatic hydroxyl groups is 1. The van der Waals surface area contributed by atoms with Gasteiger partial charge in [0.15, 0.2) is 0 Å². The van der Waals surface area contributed by atoms with E-state index in [2.05, 4.69) is 41.5 Å². The molecule has 4 unspecified atom stereocenters. The van der Waals surface area contributed by atoms with Gasteiger partial charge in [0.05, 0.1) is 6.10 Å². The summed E-state index contributed by atoms with van der Waals surface area (Å²) in [6.07, 6.45) is 18.3. The highest BCUT2D eigenvalue weighted by atomic mass is 16.3. The van der Waals surface area contributed by atoms with Crippen molar-refractivity contribution >= 4 is 0 Å². The Balaban J connectivity index is 0.000000714. The lowest BCUT2D eigenvalue weighted by molar-refractivity contribution is -0.0777. The van der Waals surface area contributed by atoms with E-state index in [-0.39, 0.29) is 6.10 Å². The number of hydrogen-bond donors (Lipinski definition) is 1. The van der Waals surface area contributed by atoms with Crippen molar-refractivity contribution < 1.29 is 5.11 Å². The number of fused-ring (bicyclic) bond motifs is 5. The molecule has 0 heterocycles. The summed E-state index contributed by atoms with van der Waals surface area (Å²) in [7, 11) is 0. The molecule has 10 atom stereocenters. The van der Waals surface area contributed by atoms with Crippen molar-refractivity contribution in [1.29, 1.82) is 0 Å². The van der Waals surface area contributed by atoms with Crippen molar-refractivity contribution in [2.45, 2.75) is 152 Å². The SMILES string of the molecule is CC.CC(O)CC[C@H](C)[C@H]1CC[C@H]2C3CCC[C@H]4C[C@@H](C)CC[C@]4(C)C3CCC12C.CCC. The van der Waals surface area contributed by atoms with Crippen LogP contribution in [0.25, 0.3) is 0 Å². The standard InChI is InChI=1S/C27H48O.C3H8.C2H6/c1-18-13-15-26(4)21(17-18)7-6-8-22-24-12-11-23(19(2)9-10-20(3)28)27(24,5)16-14-25(22)26;1-3-2;1-2/h18-25,28H,6-17H2,1-5H3;3H2,1-2H3;1-2H3/t18-,19-,20?,21-,22?,23+,24-,25?,26-,27?;;/m0../s1. The molecule has 1 heteroatoms. The maximum absolute atomic E-state index is 9.78. The van der Waals surface area contributed by atoms with Crippen molar-refractivity contribution in [3.63, 3.8) is 0 Å². The van der Waals surface area contributed by atoms with Gasteiger partial charge in [0, 0.05) is 0 Å². The summed E-state index contributed by atoms with van der Waals surface area (Å²) in [5.41, 5.74) is 1.22. The highest BCUT2D eigenvalue weighted by Crippen LogP contribution is 2.67. The number of aliphatic hydroxyl groups excluding tert-OH is 1. The van der Waals surface area contributed by atoms with Gasteiger partial charge in [0.2, 0.25) is 0 Å². The first-order valence-corrected chi connectivity index (χ1v) is 15.3. The second kappa shape index (κ2) is 12.8. The quantitative estimate of drug-likeness (QED) is 0.440. The maximum atomic E-state index is 9.78. The molecule has 4 fully saturated rings. The van der Waals surface area contributed by atoms with E-state index >= 15 is 0 Å². The van der Waals surface area contributed by atoms with Gasteiger partial charge in [0.25, 0.3) is 0 Å². The van der Waals surface area contributed by atoms with Crippen LogP contribution in [-0.4, -0.2) is 11.2 Å². The van der Waals surface area contributed by atoms with E-state index in [1.54, 1.807) is 0 Å². The summed E-state index contributed by atoms with van der Waals surface area (Å²) in [6.45, 7) is 20.6. The van der Waals surface area contributed by atoms with E-state index in [0.717, 1.165) is 47.8 Å². The van der Waals surface area contributed by atoms with Crippen molar-refractivity contribution in [2.75, 3.05) is 0 Å². The third-order valence-electron chi connectivity index (χ3n) is 11.0. The molecule has 0 bridgehead atoms. The zero-order chi connectivity index (χ0) is 24.8. The zero-order valence-electron chi connectivity index (χ0n) is 24.3. The Bertz CT molecular complexity index is 555. The van der Waals surface area contributed by atoms with Crippen LogP contribution >= 0.6 is 0 Å². The predicted octanol–water partition coefficient (Wildman–Crippen LogP) is 9.91. The lowest BCUT2D eigenvalue weighted by Crippen LogP contribution is -2.49. The smallest absolute Gasteiger partial charge is 0.0512 e. The molecule has 0 aromatic carbocycles. The molecule has 33 heavy (non-hydrogen) atoms. The Hall–Kier alpha value is -0.0400. The summed E-state index contributed by atoms with van der Waals surface area (Å²) in [4.78, 5) is 0. The minimum atomic E-state index is -0.129. The Morgan fingerprint density at radius 2 is 1.42 bits per heavy atom. The molecule has 4 rings (SSSR count). The van der Waals surface area contributed by atoms with E-state index in [4.69, 9.17) is 0 Å². The zero-order valence-corrected chi connectivity index (χ0v) is 24.3. The molecule has 0 aromatic rings. The summed E-state index contributed by atoms with van der Waals surface area (Å²) >= 11 is 0. The highest BCUT2D eigenvalue weighted by Gasteiger charge is 2.59. The minimum Gasteiger partial charge on any atom is -0.393 e. The first-order chi connectivity index (χ1) is 15.7. The first-order valence-electron chi connectivity index (χ1n) is 15.3. The van der Waals surface area contributed by atoms with Crippen molar-refractivity contribution in [1.82, 2.24) is 0 Å². The van der Waals surface area contributed by atoms with Crippen LogP contribution in [0.3, 0.4) is 0 Å². The second-order valence-electron chi connectivity index (χ2n) is 13.2.